The molecule has 0 bridgehead atoms. The maximum absolute atomic E-state index is 12.0. The second-order valence-corrected chi connectivity index (χ2v) is 5.76. The molecule has 0 N–H and O–H groups in total. The van der Waals surface area contributed by atoms with Crippen molar-refractivity contribution in [2.45, 2.75) is 6.54 Å². The van der Waals surface area contributed by atoms with Crippen LogP contribution in [-0.4, -0.2) is 10.5 Å². The molecule has 0 atom stereocenters. The van der Waals surface area contributed by atoms with Gasteiger partial charge in [-0.1, -0.05) is 23.7 Å². The number of fused-ring (bicyclic) bond motifs is 1. The Morgan fingerprint density at radius 2 is 2.05 bits per heavy atom. The Kier molecular flexibility index (Phi) is 4.04. The number of carbonyl (C=O) groups excluding carboxylic acids is 1. The fraction of sp³-hybridized carbons (Fsp3) is 0.0667. The van der Waals surface area contributed by atoms with Gasteiger partial charge in [-0.2, -0.15) is 0 Å². The molecular formula is C15H9BrClNO4. The minimum absolute atomic E-state index is 0.245. The number of rotatable bonds is 3. The highest BCUT2D eigenvalue weighted by Crippen LogP contribution is 2.28. The number of nitrogens with zero attached hydrogens (tertiary/aromatic N) is 1. The number of hydrogen-bond acceptors (Lipinski definition) is 4. The molecule has 0 unspecified atom stereocenters. The van der Waals surface area contributed by atoms with Crippen LogP contribution < -0.4 is 10.5 Å². The lowest BCUT2D eigenvalue weighted by Crippen LogP contribution is -2.23. The summed E-state index contributed by atoms with van der Waals surface area (Å²) >= 11 is 9.09. The Bertz CT molecular complexity index is 915. The van der Waals surface area contributed by atoms with Gasteiger partial charge in [0.1, 0.15) is 12.3 Å². The van der Waals surface area contributed by atoms with Crippen LogP contribution in [0.1, 0.15) is 0 Å². The molecule has 3 aromatic rings. The summed E-state index contributed by atoms with van der Waals surface area (Å²) in [5, 5.41) is 0.517. The van der Waals surface area contributed by atoms with Crippen molar-refractivity contribution in [1.29, 1.82) is 0 Å². The fourth-order valence-electron chi connectivity index (χ4n) is 2.01. The molecule has 112 valence electrons. The van der Waals surface area contributed by atoms with Crippen LogP contribution >= 0.6 is 27.5 Å². The molecular weight excluding hydrogens is 374 g/mol. The number of halogens is 2. The van der Waals surface area contributed by atoms with E-state index in [2.05, 4.69) is 15.9 Å². The Morgan fingerprint density at radius 3 is 2.82 bits per heavy atom. The average molecular weight is 383 g/mol. The minimum atomic E-state index is -0.603. The van der Waals surface area contributed by atoms with E-state index in [1.54, 1.807) is 42.5 Å². The van der Waals surface area contributed by atoms with E-state index >= 15 is 0 Å². The van der Waals surface area contributed by atoms with Gasteiger partial charge in [0, 0.05) is 5.02 Å². The van der Waals surface area contributed by atoms with Gasteiger partial charge in [0.25, 0.3) is 0 Å². The minimum Gasteiger partial charge on any atom is -0.424 e. The number of oxazole rings is 1. The molecule has 5 nitrogen and oxygen atoms in total. The molecule has 0 saturated carbocycles. The van der Waals surface area contributed by atoms with Crippen LogP contribution in [0.5, 0.6) is 5.75 Å². The van der Waals surface area contributed by atoms with Gasteiger partial charge in [0.15, 0.2) is 5.58 Å². The third-order valence-corrected chi connectivity index (χ3v) is 3.83. The van der Waals surface area contributed by atoms with Gasteiger partial charge in [-0.25, -0.2) is 9.59 Å². The molecule has 0 spiro atoms. The first-order valence-electron chi connectivity index (χ1n) is 6.29. The molecule has 0 radical (unpaired) electrons. The fourth-order valence-corrected chi connectivity index (χ4v) is 2.77. The maximum Gasteiger partial charge on any atom is 0.420 e. The van der Waals surface area contributed by atoms with Gasteiger partial charge >= 0.3 is 11.7 Å². The van der Waals surface area contributed by atoms with Crippen LogP contribution in [0.2, 0.25) is 5.02 Å². The molecule has 0 aliphatic heterocycles. The summed E-state index contributed by atoms with van der Waals surface area (Å²) in [5.74, 6) is -0.861. The molecule has 2 aromatic carbocycles. The first-order valence-corrected chi connectivity index (χ1v) is 7.46. The zero-order chi connectivity index (χ0) is 15.7. The van der Waals surface area contributed by atoms with Crippen LogP contribution in [0, 0.1) is 0 Å². The molecule has 1 heterocycles. The third-order valence-electron chi connectivity index (χ3n) is 2.98. The zero-order valence-electron chi connectivity index (χ0n) is 11.1. The van der Waals surface area contributed by atoms with Crippen LogP contribution in [0.15, 0.2) is 56.1 Å². The molecule has 0 amide bonds. The van der Waals surface area contributed by atoms with Crippen LogP contribution in [-0.2, 0) is 11.3 Å². The Hall–Kier alpha value is -2.05. The molecule has 3 rings (SSSR count). The SMILES string of the molecule is O=C(Cn1c(=O)oc2ccccc21)Oc1ccc(Cl)cc1Br. The quantitative estimate of drug-likeness (QED) is 0.513. The normalized spacial score (nSPS) is 10.8. The van der Waals surface area contributed by atoms with Crippen molar-refractivity contribution >= 4 is 44.6 Å². The summed E-state index contributed by atoms with van der Waals surface area (Å²) in [6, 6.07) is 11.7. The Balaban J connectivity index is 1.84. The van der Waals surface area contributed by atoms with Gasteiger partial charge < -0.3 is 9.15 Å². The van der Waals surface area contributed by atoms with Gasteiger partial charge in [0.05, 0.1) is 9.99 Å². The van der Waals surface area contributed by atoms with Gasteiger partial charge in [-0.15, -0.1) is 0 Å². The number of aromatic nitrogens is 1. The van der Waals surface area contributed by atoms with E-state index in [-0.39, 0.29) is 6.54 Å². The van der Waals surface area contributed by atoms with Crippen molar-refractivity contribution in [2.75, 3.05) is 0 Å². The number of ether oxygens (including phenoxy) is 1. The predicted molar refractivity (Wildman–Crippen MR) is 85.3 cm³/mol. The highest BCUT2D eigenvalue weighted by Gasteiger charge is 2.15. The summed E-state index contributed by atoms with van der Waals surface area (Å²) < 4.78 is 12.1. The topological polar surface area (TPSA) is 61.4 Å². The summed E-state index contributed by atoms with van der Waals surface area (Å²) in [6.45, 7) is -0.245. The van der Waals surface area contributed by atoms with E-state index in [4.69, 9.17) is 20.8 Å². The largest absolute Gasteiger partial charge is 0.424 e. The summed E-state index contributed by atoms with van der Waals surface area (Å²) in [4.78, 5) is 23.8. The van der Waals surface area contributed by atoms with Gasteiger partial charge in [-0.3, -0.25) is 4.57 Å². The lowest BCUT2D eigenvalue weighted by molar-refractivity contribution is -0.135. The van der Waals surface area contributed by atoms with E-state index in [1.165, 1.54) is 4.57 Å². The first kappa shape index (κ1) is 14.9. The van der Waals surface area contributed by atoms with Crippen molar-refractivity contribution in [3.05, 3.63) is 62.5 Å². The third kappa shape index (κ3) is 2.93. The average Bonchev–Trinajstić information content (AvgIpc) is 2.78. The van der Waals surface area contributed by atoms with Crippen molar-refractivity contribution in [1.82, 2.24) is 4.57 Å². The second-order valence-electron chi connectivity index (χ2n) is 4.47. The first-order chi connectivity index (χ1) is 10.5. The smallest absolute Gasteiger partial charge is 0.420 e. The van der Waals surface area contributed by atoms with Crippen LogP contribution in [0.4, 0.5) is 0 Å². The molecule has 0 aliphatic carbocycles. The number of hydrogen-bond donors (Lipinski definition) is 0. The summed E-state index contributed by atoms with van der Waals surface area (Å²) in [6.07, 6.45) is 0. The number of benzene rings is 2. The number of carbonyl (C=O) groups is 1. The highest BCUT2D eigenvalue weighted by molar-refractivity contribution is 9.10. The lowest BCUT2D eigenvalue weighted by atomic mass is 10.3. The Morgan fingerprint density at radius 1 is 1.27 bits per heavy atom. The number of para-hydroxylation sites is 2. The van der Waals surface area contributed by atoms with E-state index in [9.17, 15) is 9.59 Å². The molecule has 22 heavy (non-hydrogen) atoms. The number of esters is 1. The summed E-state index contributed by atoms with van der Waals surface area (Å²) in [5.41, 5.74) is 0.965. The second kappa shape index (κ2) is 5.98. The van der Waals surface area contributed by atoms with Crippen LogP contribution in [0.25, 0.3) is 11.1 Å². The van der Waals surface area contributed by atoms with E-state index in [0.29, 0.717) is 26.3 Å². The molecule has 0 fully saturated rings. The van der Waals surface area contributed by atoms with Gasteiger partial charge in [-0.05, 0) is 46.3 Å². The van der Waals surface area contributed by atoms with Gasteiger partial charge in [0.2, 0.25) is 0 Å². The predicted octanol–water partition coefficient (Wildman–Crippen LogP) is 3.62. The highest BCUT2D eigenvalue weighted by atomic mass is 79.9. The zero-order valence-corrected chi connectivity index (χ0v) is 13.4. The van der Waals surface area contributed by atoms with E-state index < -0.39 is 11.7 Å². The van der Waals surface area contributed by atoms with E-state index in [1.807, 2.05) is 0 Å². The van der Waals surface area contributed by atoms with Crippen molar-refractivity contribution in [2.24, 2.45) is 0 Å². The monoisotopic (exact) mass is 381 g/mol. The standard InChI is InChI=1S/C15H9BrClNO4/c16-10-7-9(17)5-6-12(10)21-14(19)8-18-11-3-1-2-4-13(11)22-15(18)20/h1-7H,8H2. The maximum atomic E-state index is 12.0. The van der Waals surface area contributed by atoms with Crippen molar-refractivity contribution in [3.8, 4) is 5.75 Å². The van der Waals surface area contributed by atoms with Crippen molar-refractivity contribution in [3.63, 3.8) is 0 Å². The molecule has 1 aromatic heterocycles. The molecule has 7 heteroatoms. The molecule has 0 saturated heterocycles. The summed E-state index contributed by atoms with van der Waals surface area (Å²) in [7, 11) is 0. The molecule has 0 aliphatic rings. The lowest BCUT2D eigenvalue weighted by Gasteiger charge is -2.07. The van der Waals surface area contributed by atoms with E-state index in [0.717, 1.165) is 0 Å². The van der Waals surface area contributed by atoms with Crippen LogP contribution in [0.3, 0.4) is 0 Å². The Labute approximate surface area is 138 Å². The van der Waals surface area contributed by atoms with Crippen molar-refractivity contribution < 1.29 is 13.9 Å².